The van der Waals surface area contributed by atoms with Crippen LogP contribution in [0.3, 0.4) is 0 Å². The van der Waals surface area contributed by atoms with Crippen LogP contribution in [0, 0.1) is 5.41 Å². The van der Waals surface area contributed by atoms with Crippen LogP contribution < -0.4 is 0 Å². The van der Waals surface area contributed by atoms with E-state index in [4.69, 9.17) is 0 Å². The molecule has 0 radical (unpaired) electrons. The van der Waals surface area contributed by atoms with Gasteiger partial charge in [0.05, 0.1) is 0 Å². The number of alkyl halides is 6. The fraction of sp³-hybridized carbons (Fsp3) is 0.480. The summed E-state index contributed by atoms with van der Waals surface area (Å²) in [4.78, 5) is 15.5. The number of aliphatic hydroxyl groups is 1. The lowest BCUT2D eigenvalue weighted by Crippen LogP contribution is -2.72. The Bertz CT molecular complexity index is 1080. The van der Waals surface area contributed by atoms with Crippen molar-refractivity contribution in [3.8, 4) is 11.1 Å². The number of hydrogen-bond donors (Lipinski definition) is 1. The smallest absolute Gasteiger partial charge is 0.369 e. The number of carbonyl (C=O) groups is 1. The maximum absolute atomic E-state index is 13.1. The molecule has 0 bridgehead atoms. The molecule has 0 atom stereocenters. The van der Waals surface area contributed by atoms with E-state index >= 15 is 0 Å². The number of hydrogen-bond acceptors (Lipinski definition) is 3. The molecule has 1 amide bonds. The molecule has 10 heteroatoms. The van der Waals surface area contributed by atoms with Crippen LogP contribution in [-0.4, -0.2) is 59.3 Å². The number of likely N-dealkylation sites (tertiary alicyclic amines) is 2. The second-order valence-electron chi connectivity index (χ2n) is 9.65. The summed E-state index contributed by atoms with van der Waals surface area (Å²) >= 11 is 0. The van der Waals surface area contributed by atoms with Crippen molar-refractivity contribution in [2.45, 2.75) is 44.8 Å². The van der Waals surface area contributed by atoms with Crippen LogP contribution in [0.1, 0.15) is 30.5 Å². The minimum atomic E-state index is -5.91. The fourth-order valence-electron chi connectivity index (χ4n) is 5.16. The summed E-state index contributed by atoms with van der Waals surface area (Å²) in [6, 6.07) is 9.40. The SMILES string of the molecule is CCc1cc(CN2CC3(C2)CN(C(C)=O)C3)ccc1-c1ccc(C(O)(C(F)(F)F)C(F)(F)F)cc1. The van der Waals surface area contributed by atoms with E-state index in [1.165, 1.54) is 12.1 Å². The monoisotopic (exact) mass is 500 g/mol. The van der Waals surface area contributed by atoms with Crippen molar-refractivity contribution >= 4 is 5.91 Å². The average Bonchev–Trinajstić information content (AvgIpc) is 2.72. The van der Waals surface area contributed by atoms with Gasteiger partial charge in [-0.25, -0.2) is 0 Å². The van der Waals surface area contributed by atoms with E-state index in [2.05, 4.69) is 4.90 Å². The average molecular weight is 500 g/mol. The largest absolute Gasteiger partial charge is 0.430 e. The summed E-state index contributed by atoms with van der Waals surface area (Å²) < 4.78 is 78.9. The van der Waals surface area contributed by atoms with E-state index in [-0.39, 0.29) is 11.3 Å². The van der Waals surface area contributed by atoms with Gasteiger partial charge in [-0.05, 0) is 28.7 Å². The lowest BCUT2D eigenvalue weighted by Gasteiger charge is -2.60. The van der Waals surface area contributed by atoms with Gasteiger partial charge in [-0.15, -0.1) is 0 Å². The Morgan fingerprint density at radius 3 is 2.00 bits per heavy atom. The molecule has 0 unspecified atom stereocenters. The van der Waals surface area contributed by atoms with Crippen molar-refractivity contribution < 1.29 is 36.2 Å². The molecule has 1 spiro atoms. The van der Waals surface area contributed by atoms with E-state index in [0.29, 0.717) is 29.7 Å². The highest BCUT2D eigenvalue weighted by Crippen LogP contribution is 2.50. The van der Waals surface area contributed by atoms with Crippen LogP contribution in [0.25, 0.3) is 11.1 Å². The third-order valence-electron chi connectivity index (χ3n) is 7.01. The minimum absolute atomic E-state index is 0.0896. The van der Waals surface area contributed by atoms with Crippen LogP contribution >= 0.6 is 0 Å². The first kappa shape index (κ1) is 25.5. The van der Waals surface area contributed by atoms with Gasteiger partial charge in [0.2, 0.25) is 5.91 Å². The maximum atomic E-state index is 13.1. The number of halogens is 6. The molecule has 190 valence electrons. The summed E-state index contributed by atoms with van der Waals surface area (Å²) in [5, 5.41) is 9.59. The van der Waals surface area contributed by atoms with Crippen molar-refractivity contribution in [2.24, 2.45) is 5.41 Å². The van der Waals surface area contributed by atoms with E-state index in [1.807, 2.05) is 30.0 Å². The quantitative estimate of drug-likeness (QED) is 0.595. The van der Waals surface area contributed by atoms with Crippen molar-refractivity contribution in [3.63, 3.8) is 0 Å². The van der Waals surface area contributed by atoms with Gasteiger partial charge in [-0.2, -0.15) is 26.3 Å². The second kappa shape index (κ2) is 8.51. The van der Waals surface area contributed by atoms with E-state index < -0.39 is 23.5 Å². The third kappa shape index (κ3) is 4.42. The number of benzene rings is 2. The molecule has 2 aromatic carbocycles. The first-order chi connectivity index (χ1) is 16.2. The molecule has 0 aromatic heterocycles. The van der Waals surface area contributed by atoms with Gasteiger partial charge in [0, 0.05) is 50.6 Å². The molecule has 2 fully saturated rings. The molecule has 4 nitrogen and oxygen atoms in total. The molecule has 0 saturated carbocycles. The highest BCUT2D eigenvalue weighted by molar-refractivity contribution is 5.74. The van der Waals surface area contributed by atoms with Gasteiger partial charge in [0.15, 0.2) is 0 Å². The Kier molecular flexibility index (Phi) is 6.20. The number of rotatable bonds is 5. The van der Waals surface area contributed by atoms with Gasteiger partial charge in [-0.1, -0.05) is 49.4 Å². The van der Waals surface area contributed by atoms with Crippen LogP contribution in [0.2, 0.25) is 0 Å². The van der Waals surface area contributed by atoms with Gasteiger partial charge in [-0.3, -0.25) is 9.69 Å². The molecule has 2 aliphatic heterocycles. The topological polar surface area (TPSA) is 43.8 Å². The molecule has 2 heterocycles. The van der Waals surface area contributed by atoms with Crippen LogP contribution in [0.5, 0.6) is 0 Å². The Labute approximate surface area is 199 Å². The lowest BCUT2D eigenvalue weighted by molar-refractivity contribution is -0.376. The van der Waals surface area contributed by atoms with Crippen molar-refractivity contribution in [1.82, 2.24) is 9.80 Å². The van der Waals surface area contributed by atoms with Crippen molar-refractivity contribution in [3.05, 3.63) is 59.2 Å². The first-order valence-electron chi connectivity index (χ1n) is 11.3. The summed E-state index contributed by atoms with van der Waals surface area (Å²) in [5.41, 5.74) is -2.88. The number of carbonyl (C=O) groups excluding carboxylic acids is 1. The van der Waals surface area contributed by atoms with Gasteiger partial charge in [0.1, 0.15) is 0 Å². The summed E-state index contributed by atoms with van der Waals surface area (Å²) in [5.74, 6) is 0.0896. The molecule has 2 aromatic rings. The standard InChI is InChI=1S/C25H26F6N2O2/c1-3-18-10-17(11-32-12-22(13-32)14-33(15-22)16(2)34)4-9-21(18)19-5-7-20(8-6-19)23(35,24(26,27)28)25(29,30)31/h4-10,35H,3,11-15H2,1-2H3. The van der Waals surface area contributed by atoms with Crippen LogP contribution in [0.4, 0.5) is 26.3 Å². The van der Waals surface area contributed by atoms with Gasteiger partial charge >= 0.3 is 12.4 Å². The van der Waals surface area contributed by atoms with E-state index in [1.54, 1.807) is 6.92 Å². The Balaban J connectivity index is 1.49. The maximum Gasteiger partial charge on any atom is 0.430 e. The Morgan fingerprint density at radius 2 is 1.51 bits per heavy atom. The molecule has 35 heavy (non-hydrogen) atoms. The molecule has 0 aliphatic carbocycles. The zero-order valence-corrected chi connectivity index (χ0v) is 19.3. The molecule has 2 aliphatic rings. The highest BCUT2D eigenvalue weighted by Gasteiger charge is 2.71. The molecule has 1 N–H and O–H groups in total. The predicted octanol–water partition coefficient (Wildman–Crippen LogP) is 4.89. The normalized spacial score (nSPS) is 18.4. The molecule has 2 saturated heterocycles. The molecular formula is C25H26F6N2O2. The third-order valence-corrected chi connectivity index (χ3v) is 7.01. The Morgan fingerprint density at radius 1 is 0.943 bits per heavy atom. The first-order valence-corrected chi connectivity index (χ1v) is 11.3. The van der Waals surface area contributed by atoms with Crippen LogP contribution in [0.15, 0.2) is 42.5 Å². The summed E-state index contributed by atoms with van der Waals surface area (Å²) in [7, 11) is 0. The Hall–Kier alpha value is -2.59. The number of amides is 1. The van der Waals surface area contributed by atoms with Gasteiger partial charge < -0.3 is 10.0 Å². The van der Waals surface area contributed by atoms with Crippen molar-refractivity contribution in [1.29, 1.82) is 0 Å². The zero-order chi connectivity index (χ0) is 25.8. The summed E-state index contributed by atoms with van der Waals surface area (Å²) in [6.45, 7) is 7.59. The summed E-state index contributed by atoms with van der Waals surface area (Å²) in [6.07, 6.45) is -11.2. The number of nitrogens with zero attached hydrogens (tertiary/aromatic N) is 2. The molecule has 4 rings (SSSR count). The van der Waals surface area contributed by atoms with E-state index in [9.17, 15) is 36.2 Å². The molecular weight excluding hydrogens is 474 g/mol. The number of aryl methyl sites for hydroxylation is 1. The lowest BCUT2D eigenvalue weighted by atomic mass is 9.72. The van der Waals surface area contributed by atoms with Crippen LogP contribution in [-0.2, 0) is 23.4 Å². The second-order valence-corrected chi connectivity index (χ2v) is 9.65. The van der Waals surface area contributed by atoms with Gasteiger partial charge in [0.25, 0.3) is 5.60 Å². The van der Waals surface area contributed by atoms with E-state index in [0.717, 1.165) is 43.9 Å². The van der Waals surface area contributed by atoms with Crippen molar-refractivity contribution in [2.75, 3.05) is 26.2 Å². The highest BCUT2D eigenvalue weighted by atomic mass is 19.4. The fourth-order valence-corrected chi connectivity index (χ4v) is 5.16. The zero-order valence-electron chi connectivity index (χ0n) is 19.3. The minimum Gasteiger partial charge on any atom is -0.369 e. The predicted molar refractivity (Wildman–Crippen MR) is 117 cm³/mol.